The molecule has 1 fully saturated rings. The van der Waals surface area contributed by atoms with E-state index in [9.17, 15) is 4.79 Å². The van der Waals surface area contributed by atoms with Crippen LogP contribution in [0.3, 0.4) is 0 Å². The minimum atomic E-state index is 0.0596. The molecule has 0 amide bonds. The van der Waals surface area contributed by atoms with Crippen LogP contribution in [0.15, 0.2) is 12.4 Å². The average Bonchev–Trinajstić information content (AvgIpc) is 2.44. The molecule has 0 bridgehead atoms. The normalized spacial score (nSPS) is 17.0. The predicted molar refractivity (Wildman–Crippen MR) is 49.6 cm³/mol. The van der Waals surface area contributed by atoms with Crippen LogP contribution in [-0.2, 0) is 6.54 Å². The molecule has 0 saturated heterocycles. The van der Waals surface area contributed by atoms with E-state index >= 15 is 0 Å². The Hall–Kier alpha value is -1.12. The summed E-state index contributed by atoms with van der Waals surface area (Å²) in [5.41, 5.74) is 0. The first-order valence-electron chi connectivity index (χ1n) is 4.79. The van der Waals surface area contributed by atoms with Crippen molar-refractivity contribution in [1.29, 1.82) is 0 Å². The summed E-state index contributed by atoms with van der Waals surface area (Å²) in [6, 6.07) is 0. The summed E-state index contributed by atoms with van der Waals surface area (Å²) < 4.78 is 1.98. The maximum atomic E-state index is 11.1. The highest BCUT2D eigenvalue weighted by Crippen LogP contribution is 2.28. The number of hydrogen-bond acceptors (Lipinski definition) is 2. The van der Waals surface area contributed by atoms with Gasteiger partial charge in [0.2, 0.25) is 0 Å². The van der Waals surface area contributed by atoms with Crippen LogP contribution in [-0.4, -0.2) is 15.3 Å². The SMILES string of the molecule is CC(=O)c1nccn1CC1CCC1. The number of carbonyl (C=O) groups is 1. The van der Waals surface area contributed by atoms with Crippen LogP contribution in [0.25, 0.3) is 0 Å². The van der Waals surface area contributed by atoms with Gasteiger partial charge in [0, 0.05) is 25.9 Å². The van der Waals surface area contributed by atoms with Crippen molar-refractivity contribution in [2.45, 2.75) is 32.7 Å². The van der Waals surface area contributed by atoms with Crippen LogP contribution in [0.1, 0.15) is 36.8 Å². The van der Waals surface area contributed by atoms with Crippen LogP contribution in [0, 0.1) is 5.92 Å². The van der Waals surface area contributed by atoms with E-state index in [0.29, 0.717) is 5.82 Å². The highest BCUT2D eigenvalue weighted by atomic mass is 16.1. The van der Waals surface area contributed by atoms with Crippen molar-refractivity contribution >= 4 is 5.78 Å². The van der Waals surface area contributed by atoms with Gasteiger partial charge < -0.3 is 4.57 Å². The van der Waals surface area contributed by atoms with Gasteiger partial charge in [-0.15, -0.1) is 0 Å². The monoisotopic (exact) mass is 178 g/mol. The van der Waals surface area contributed by atoms with Crippen LogP contribution in [0.2, 0.25) is 0 Å². The van der Waals surface area contributed by atoms with Gasteiger partial charge in [0.25, 0.3) is 0 Å². The van der Waals surface area contributed by atoms with Gasteiger partial charge in [0.15, 0.2) is 11.6 Å². The topological polar surface area (TPSA) is 34.9 Å². The molecule has 0 aliphatic heterocycles. The molecule has 0 N–H and O–H groups in total. The first-order valence-corrected chi connectivity index (χ1v) is 4.79. The summed E-state index contributed by atoms with van der Waals surface area (Å²) in [4.78, 5) is 15.2. The van der Waals surface area contributed by atoms with Gasteiger partial charge >= 0.3 is 0 Å². The zero-order chi connectivity index (χ0) is 9.26. The third-order valence-electron chi connectivity index (χ3n) is 2.71. The van der Waals surface area contributed by atoms with Crippen molar-refractivity contribution in [3.05, 3.63) is 18.2 Å². The van der Waals surface area contributed by atoms with Crippen LogP contribution in [0.5, 0.6) is 0 Å². The molecule has 0 aromatic carbocycles. The van der Waals surface area contributed by atoms with Gasteiger partial charge in [-0.2, -0.15) is 0 Å². The lowest BCUT2D eigenvalue weighted by molar-refractivity contribution is 0.0997. The van der Waals surface area contributed by atoms with Crippen molar-refractivity contribution in [2.75, 3.05) is 0 Å². The average molecular weight is 178 g/mol. The maximum absolute atomic E-state index is 11.1. The van der Waals surface area contributed by atoms with Gasteiger partial charge in [-0.1, -0.05) is 6.42 Å². The van der Waals surface area contributed by atoms with E-state index in [1.807, 2.05) is 10.8 Å². The van der Waals surface area contributed by atoms with Crippen molar-refractivity contribution in [3.8, 4) is 0 Å². The summed E-state index contributed by atoms with van der Waals surface area (Å²) >= 11 is 0. The molecule has 1 saturated carbocycles. The molecule has 1 aromatic rings. The molecule has 3 nitrogen and oxygen atoms in total. The van der Waals surface area contributed by atoms with Gasteiger partial charge in [0.1, 0.15) is 0 Å². The van der Waals surface area contributed by atoms with E-state index < -0.39 is 0 Å². The Morgan fingerprint density at radius 3 is 3.00 bits per heavy atom. The molecule has 0 spiro atoms. The highest BCUT2D eigenvalue weighted by molar-refractivity contribution is 5.90. The Morgan fingerprint density at radius 2 is 2.46 bits per heavy atom. The van der Waals surface area contributed by atoms with Crippen LogP contribution in [0.4, 0.5) is 0 Å². The largest absolute Gasteiger partial charge is 0.328 e. The highest BCUT2D eigenvalue weighted by Gasteiger charge is 2.19. The number of aromatic nitrogens is 2. The van der Waals surface area contributed by atoms with Crippen molar-refractivity contribution in [2.24, 2.45) is 5.92 Å². The number of ketones is 1. The molecule has 1 heterocycles. The molecule has 1 aliphatic carbocycles. The minimum absolute atomic E-state index is 0.0596. The van der Waals surface area contributed by atoms with E-state index in [4.69, 9.17) is 0 Å². The van der Waals surface area contributed by atoms with E-state index in [1.54, 1.807) is 13.1 Å². The third-order valence-corrected chi connectivity index (χ3v) is 2.71. The molecule has 1 aromatic heterocycles. The van der Waals surface area contributed by atoms with Crippen molar-refractivity contribution < 1.29 is 4.79 Å². The lowest BCUT2D eigenvalue weighted by Gasteiger charge is -2.25. The summed E-state index contributed by atoms with van der Waals surface area (Å²) in [6.07, 6.45) is 7.55. The number of nitrogens with zero attached hydrogens (tertiary/aromatic N) is 2. The van der Waals surface area contributed by atoms with E-state index in [1.165, 1.54) is 19.3 Å². The molecule has 0 radical (unpaired) electrons. The van der Waals surface area contributed by atoms with E-state index in [-0.39, 0.29) is 5.78 Å². The zero-order valence-corrected chi connectivity index (χ0v) is 7.86. The second-order valence-electron chi connectivity index (χ2n) is 3.76. The number of carbonyl (C=O) groups excluding carboxylic acids is 1. The quantitative estimate of drug-likeness (QED) is 0.662. The smallest absolute Gasteiger partial charge is 0.195 e. The fraction of sp³-hybridized carbons (Fsp3) is 0.600. The number of hydrogen-bond donors (Lipinski definition) is 0. The summed E-state index contributed by atoms with van der Waals surface area (Å²) in [7, 11) is 0. The standard InChI is InChI=1S/C10H14N2O/c1-8(13)10-11-5-6-12(10)7-9-3-2-4-9/h5-6,9H,2-4,7H2,1H3. The van der Waals surface area contributed by atoms with Crippen molar-refractivity contribution in [3.63, 3.8) is 0 Å². The molecule has 0 atom stereocenters. The molecule has 13 heavy (non-hydrogen) atoms. The van der Waals surface area contributed by atoms with E-state index in [0.717, 1.165) is 12.5 Å². The van der Waals surface area contributed by atoms with Crippen LogP contribution >= 0.6 is 0 Å². The lowest BCUT2D eigenvalue weighted by atomic mass is 9.85. The first-order chi connectivity index (χ1) is 6.27. The molecule has 2 rings (SSSR count). The second-order valence-corrected chi connectivity index (χ2v) is 3.76. The summed E-state index contributed by atoms with van der Waals surface area (Å²) in [5, 5.41) is 0. The first kappa shape index (κ1) is 8.48. The molecule has 1 aliphatic rings. The molecule has 0 unspecified atom stereocenters. The maximum Gasteiger partial charge on any atom is 0.195 e. The van der Waals surface area contributed by atoms with Crippen LogP contribution < -0.4 is 0 Å². The molecule has 3 heteroatoms. The Kier molecular flexibility index (Phi) is 2.17. The zero-order valence-electron chi connectivity index (χ0n) is 7.86. The van der Waals surface area contributed by atoms with Crippen molar-refractivity contribution in [1.82, 2.24) is 9.55 Å². The van der Waals surface area contributed by atoms with Gasteiger partial charge in [-0.3, -0.25) is 4.79 Å². The third kappa shape index (κ3) is 1.64. The second kappa shape index (κ2) is 3.32. The Bertz CT molecular complexity index is 312. The van der Waals surface area contributed by atoms with Gasteiger partial charge in [0.05, 0.1) is 0 Å². The minimum Gasteiger partial charge on any atom is -0.328 e. The van der Waals surface area contributed by atoms with Gasteiger partial charge in [-0.05, 0) is 18.8 Å². The predicted octanol–water partition coefficient (Wildman–Crippen LogP) is 1.89. The van der Waals surface area contributed by atoms with E-state index in [2.05, 4.69) is 4.98 Å². The molecular weight excluding hydrogens is 164 g/mol. The summed E-state index contributed by atoms with van der Waals surface area (Å²) in [5.74, 6) is 1.43. The lowest BCUT2D eigenvalue weighted by Crippen LogP contribution is -2.20. The Morgan fingerprint density at radius 1 is 1.69 bits per heavy atom. The Balaban J connectivity index is 2.09. The molecular formula is C10H14N2O. The number of Topliss-reactive ketones (excluding diaryl/α,β-unsaturated/α-hetero) is 1. The fourth-order valence-electron chi connectivity index (χ4n) is 1.72. The number of rotatable bonds is 3. The summed E-state index contributed by atoms with van der Waals surface area (Å²) in [6.45, 7) is 2.54. The fourth-order valence-corrected chi connectivity index (χ4v) is 1.72. The number of imidazole rings is 1. The Labute approximate surface area is 77.8 Å². The van der Waals surface area contributed by atoms with Gasteiger partial charge in [-0.25, -0.2) is 4.98 Å². The molecule has 70 valence electrons.